The van der Waals surface area contributed by atoms with Crippen molar-refractivity contribution >= 4 is 40.0 Å². The van der Waals surface area contributed by atoms with Crippen molar-refractivity contribution in [3.05, 3.63) is 124 Å². The predicted octanol–water partition coefficient (Wildman–Crippen LogP) is 7.54. The van der Waals surface area contributed by atoms with Crippen LogP contribution in [0.1, 0.15) is 29.2 Å². The van der Waals surface area contributed by atoms with Crippen molar-refractivity contribution in [2.75, 3.05) is 6.54 Å². The first-order chi connectivity index (χ1) is 18.0. The van der Waals surface area contributed by atoms with Gasteiger partial charge in [-0.15, -0.1) is 0 Å². The van der Waals surface area contributed by atoms with Crippen LogP contribution in [0.4, 0.5) is 0 Å². The Morgan fingerprint density at radius 2 is 1.76 bits per heavy atom. The summed E-state index contributed by atoms with van der Waals surface area (Å²) in [5.41, 5.74) is 3.87. The summed E-state index contributed by atoms with van der Waals surface area (Å²) >= 11 is 12.3. The summed E-state index contributed by atoms with van der Waals surface area (Å²) in [5, 5.41) is 5.33. The lowest BCUT2D eigenvalue weighted by molar-refractivity contribution is -0.121. The number of benzene rings is 3. The summed E-state index contributed by atoms with van der Waals surface area (Å²) in [6.07, 6.45) is 4.66. The van der Waals surface area contributed by atoms with E-state index >= 15 is 0 Å². The number of nitrogens with one attached hydrogen (secondary N) is 2. The molecule has 7 heteroatoms. The van der Waals surface area contributed by atoms with Crippen molar-refractivity contribution in [2.45, 2.75) is 18.8 Å². The summed E-state index contributed by atoms with van der Waals surface area (Å²) in [6, 6.07) is 26.6. The number of amides is 1. The van der Waals surface area contributed by atoms with Gasteiger partial charge in [0.2, 0.25) is 5.91 Å². The maximum Gasteiger partial charge on any atom is 0.220 e. The molecule has 0 aliphatic heterocycles. The van der Waals surface area contributed by atoms with Crippen LogP contribution in [0.3, 0.4) is 0 Å². The van der Waals surface area contributed by atoms with E-state index in [0.717, 1.165) is 27.7 Å². The first-order valence-corrected chi connectivity index (χ1v) is 12.8. The highest BCUT2D eigenvalue weighted by Crippen LogP contribution is 2.36. The largest absolute Gasteiger partial charge is 0.457 e. The van der Waals surface area contributed by atoms with Crippen molar-refractivity contribution in [1.29, 1.82) is 0 Å². The Hall–Kier alpha value is -3.80. The number of aromatic nitrogens is 2. The number of nitrogens with zero attached hydrogens (tertiary/aromatic N) is 1. The number of hydrogen-bond acceptors (Lipinski definition) is 3. The van der Waals surface area contributed by atoms with Gasteiger partial charge in [0.25, 0.3) is 0 Å². The predicted molar refractivity (Wildman–Crippen MR) is 149 cm³/mol. The van der Waals surface area contributed by atoms with E-state index in [1.54, 1.807) is 18.3 Å². The Labute approximate surface area is 225 Å². The number of ether oxygens (including phenoxy) is 1. The Kier molecular flexibility index (Phi) is 7.73. The molecular weight excluding hydrogens is 505 g/mol. The van der Waals surface area contributed by atoms with Crippen LogP contribution >= 0.6 is 23.2 Å². The summed E-state index contributed by atoms with van der Waals surface area (Å²) in [7, 11) is 0. The Balaban J connectivity index is 1.40. The fourth-order valence-corrected chi connectivity index (χ4v) is 4.68. The number of carbonyl (C=O) groups excluding carboxylic acids is 1. The van der Waals surface area contributed by atoms with Crippen LogP contribution in [0, 0.1) is 0 Å². The number of aromatic amines is 1. The Morgan fingerprint density at radius 3 is 2.57 bits per heavy atom. The van der Waals surface area contributed by atoms with E-state index in [9.17, 15) is 4.79 Å². The first-order valence-electron chi connectivity index (χ1n) is 12.0. The lowest BCUT2D eigenvalue weighted by atomic mass is 9.88. The molecule has 5 aromatic rings. The molecule has 1 atom stereocenters. The molecule has 5 rings (SSSR count). The molecule has 2 aromatic heterocycles. The molecule has 2 N–H and O–H groups in total. The molecule has 5 nitrogen and oxygen atoms in total. The van der Waals surface area contributed by atoms with Gasteiger partial charge in [-0.05, 0) is 77.9 Å². The van der Waals surface area contributed by atoms with Gasteiger partial charge in [0.1, 0.15) is 11.5 Å². The summed E-state index contributed by atoms with van der Waals surface area (Å²) < 4.78 is 6.07. The maximum atomic E-state index is 13.1. The summed E-state index contributed by atoms with van der Waals surface area (Å²) in [4.78, 5) is 20.8. The maximum absolute atomic E-state index is 13.1. The monoisotopic (exact) mass is 529 g/mol. The Bertz CT molecular complexity index is 1500. The van der Waals surface area contributed by atoms with Gasteiger partial charge >= 0.3 is 0 Å². The number of pyridine rings is 1. The van der Waals surface area contributed by atoms with Gasteiger partial charge in [0.05, 0.1) is 0 Å². The standard InChI is InChI=1S/C30H25Cl2N3O2/c31-21-7-10-24(11-8-21)37-25-6-3-4-20(16-25)26(28-19-35-29-12-9-22(32)17-27(28)29)18-30(36)34-15-13-23-5-1-2-14-33-23/h1-12,14,16-17,19,26,35H,13,15,18H2,(H,34,36)/t26-/m0/s1. The molecular formula is C30H25Cl2N3O2. The van der Waals surface area contributed by atoms with E-state index in [1.165, 1.54) is 0 Å². The molecule has 0 spiro atoms. The minimum absolute atomic E-state index is 0.0404. The topological polar surface area (TPSA) is 67.0 Å². The van der Waals surface area contributed by atoms with Crippen LogP contribution < -0.4 is 10.1 Å². The van der Waals surface area contributed by atoms with Crippen molar-refractivity contribution in [3.8, 4) is 11.5 Å². The molecule has 0 saturated carbocycles. The zero-order valence-electron chi connectivity index (χ0n) is 20.0. The smallest absolute Gasteiger partial charge is 0.220 e. The number of rotatable bonds is 9. The van der Waals surface area contributed by atoms with Crippen LogP contribution in [-0.2, 0) is 11.2 Å². The third-order valence-corrected chi connectivity index (χ3v) is 6.67. The van der Waals surface area contributed by atoms with Crippen LogP contribution in [0.25, 0.3) is 10.9 Å². The minimum atomic E-state index is -0.212. The van der Waals surface area contributed by atoms with Crippen molar-refractivity contribution in [3.63, 3.8) is 0 Å². The van der Waals surface area contributed by atoms with E-state index in [4.69, 9.17) is 27.9 Å². The second kappa shape index (κ2) is 11.5. The number of fused-ring (bicyclic) bond motifs is 1. The molecule has 0 unspecified atom stereocenters. The highest BCUT2D eigenvalue weighted by molar-refractivity contribution is 6.31. The minimum Gasteiger partial charge on any atom is -0.457 e. The average Bonchev–Trinajstić information content (AvgIpc) is 3.32. The molecule has 0 radical (unpaired) electrons. The first kappa shape index (κ1) is 24.9. The van der Waals surface area contributed by atoms with Gasteiger partial charge in [-0.25, -0.2) is 0 Å². The second-order valence-corrected chi connectivity index (χ2v) is 9.61. The molecule has 186 valence electrons. The highest BCUT2D eigenvalue weighted by atomic mass is 35.5. The zero-order valence-corrected chi connectivity index (χ0v) is 21.5. The summed E-state index contributed by atoms with van der Waals surface area (Å²) in [5.74, 6) is 1.11. The van der Waals surface area contributed by atoms with Gasteiger partial charge in [-0.2, -0.15) is 0 Å². The molecule has 3 aromatic carbocycles. The quantitative estimate of drug-likeness (QED) is 0.207. The van der Waals surface area contributed by atoms with E-state index in [0.29, 0.717) is 34.5 Å². The number of halogens is 2. The number of H-pyrrole nitrogens is 1. The lowest BCUT2D eigenvalue weighted by Crippen LogP contribution is -2.27. The van der Waals surface area contributed by atoms with Gasteiger partial charge in [0.15, 0.2) is 0 Å². The molecule has 1 amide bonds. The van der Waals surface area contributed by atoms with Crippen LogP contribution in [0.2, 0.25) is 10.0 Å². The van der Waals surface area contributed by atoms with Crippen LogP contribution in [-0.4, -0.2) is 22.4 Å². The SMILES string of the molecule is O=C(C[C@@H](c1cccc(Oc2ccc(Cl)cc2)c1)c1c[nH]c2ccc(Cl)cc12)NCCc1ccccn1. The molecule has 0 fully saturated rings. The third kappa shape index (κ3) is 6.31. The molecule has 0 bridgehead atoms. The van der Waals surface area contributed by atoms with E-state index < -0.39 is 0 Å². The van der Waals surface area contributed by atoms with E-state index in [2.05, 4.69) is 15.3 Å². The zero-order chi connectivity index (χ0) is 25.6. The highest BCUT2D eigenvalue weighted by Gasteiger charge is 2.22. The molecule has 2 heterocycles. The van der Waals surface area contributed by atoms with E-state index in [1.807, 2.05) is 79.0 Å². The van der Waals surface area contributed by atoms with E-state index in [-0.39, 0.29) is 18.2 Å². The second-order valence-electron chi connectivity index (χ2n) is 8.74. The van der Waals surface area contributed by atoms with Gasteiger partial charge in [0, 0.05) is 64.3 Å². The normalized spacial score (nSPS) is 11.8. The van der Waals surface area contributed by atoms with Gasteiger partial charge in [-0.3, -0.25) is 9.78 Å². The van der Waals surface area contributed by atoms with Crippen LogP contribution in [0.15, 0.2) is 97.3 Å². The molecule has 37 heavy (non-hydrogen) atoms. The molecule has 0 aliphatic carbocycles. The fourth-order valence-electron chi connectivity index (χ4n) is 4.38. The molecule has 0 saturated heterocycles. The van der Waals surface area contributed by atoms with Crippen molar-refractivity contribution in [2.24, 2.45) is 0 Å². The van der Waals surface area contributed by atoms with Crippen molar-refractivity contribution < 1.29 is 9.53 Å². The molecule has 0 aliphatic rings. The number of hydrogen-bond donors (Lipinski definition) is 2. The van der Waals surface area contributed by atoms with Gasteiger partial charge in [-0.1, -0.05) is 41.4 Å². The third-order valence-electron chi connectivity index (χ3n) is 6.18. The lowest BCUT2D eigenvalue weighted by Gasteiger charge is -2.18. The Morgan fingerprint density at radius 1 is 0.919 bits per heavy atom. The van der Waals surface area contributed by atoms with Crippen LogP contribution in [0.5, 0.6) is 11.5 Å². The number of carbonyl (C=O) groups is 1. The summed E-state index contributed by atoms with van der Waals surface area (Å²) in [6.45, 7) is 0.516. The van der Waals surface area contributed by atoms with Gasteiger partial charge < -0.3 is 15.0 Å². The fraction of sp³-hybridized carbons (Fsp3) is 0.133. The average molecular weight is 530 g/mol. The van der Waals surface area contributed by atoms with Crippen molar-refractivity contribution in [1.82, 2.24) is 15.3 Å².